The van der Waals surface area contributed by atoms with Gasteiger partial charge in [-0.1, -0.05) is 19.8 Å². The molecule has 3 N–H and O–H groups in total. The first-order valence-corrected chi connectivity index (χ1v) is 4.59. The predicted molar refractivity (Wildman–Crippen MR) is 48.3 cm³/mol. The second-order valence-electron chi connectivity index (χ2n) is 3.32. The van der Waals surface area contributed by atoms with Gasteiger partial charge in [-0.2, -0.15) is 0 Å². The van der Waals surface area contributed by atoms with E-state index >= 15 is 0 Å². The van der Waals surface area contributed by atoms with Crippen molar-refractivity contribution in [3.63, 3.8) is 0 Å². The number of aliphatic carboxylic acids is 1. The third-order valence-corrected chi connectivity index (χ3v) is 2.09. The summed E-state index contributed by atoms with van der Waals surface area (Å²) in [6, 6.07) is 0. The van der Waals surface area contributed by atoms with Crippen LogP contribution in [0.4, 0.5) is 0 Å². The molecule has 4 nitrogen and oxygen atoms in total. The molecule has 0 aromatic rings. The Hall–Kier alpha value is -0.610. The van der Waals surface area contributed by atoms with Gasteiger partial charge in [0.05, 0.1) is 18.1 Å². The summed E-state index contributed by atoms with van der Waals surface area (Å²) in [5.41, 5.74) is 0. The SMILES string of the molecule is CCCCC(C(=O)O)C(O)C(C)O. The maximum atomic E-state index is 10.7. The van der Waals surface area contributed by atoms with E-state index < -0.39 is 24.1 Å². The fourth-order valence-electron chi connectivity index (χ4n) is 1.20. The van der Waals surface area contributed by atoms with Crippen LogP contribution in [0.5, 0.6) is 0 Å². The van der Waals surface area contributed by atoms with Crippen molar-refractivity contribution in [1.29, 1.82) is 0 Å². The van der Waals surface area contributed by atoms with Gasteiger partial charge in [0.25, 0.3) is 0 Å². The number of hydrogen-bond donors (Lipinski definition) is 3. The summed E-state index contributed by atoms with van der Waals surface area (Å²) in [7, 11) is 0. The van der Waals surface area contributed by atoms with Gasteiger partial charge in [0.15, 0.2) is 0 Å². The fraction of sp³-hybridized carbons (Fsp3) is 0.889. The Morgan fingerprint density at radius 3 is 2.23 bits per heavy atom. The lowest BCUT2D eigenvalue weighted by Gasteiger charge is -2.20. The summed E-state index contributed by atoms with van der Waals surface area (Å²) in [5, 5.41) is 27.1. The second kappa shape index (κ2) is 5.94. The quantitative estimate of drug-likeness (QED) is 0.573. The van der Waals surface area contributed by atoms with Crippen molar-refractivity contribution in [3.05, 3.63) is 0 Å². The summed E-state index contributed by atoms with van der Waals surface area (Å²) in [5.74, 6) is -1.89. The smallest absolute Gasteiger partial charge is 0.309 e. The van der Waals surface area contributed by atoms with E-state index in [9.17, 15) is 9.90 Å². The van der Waals surface area contributed by atoms with Crippen LogP contribution in [0.25, 0.3) is 0 Å². The molecule has 0 aromatic heterocycles. The molecule has 0 fully saturated rings. The molecular weight excluding hydrogens is 172 g/mol. The zero-order chi connectivity index (χ0) is 10.4. The number of rotatable bonds is 6. The zero-order valence-corrected chi connectivity index (χ0v) is 8.10. The Bertz CT molecular complexity index is 156. The minimum Gasteiger partial charge on any atom is -0.481 e. The van der Waals surface area contributed by atoms with Gasteiger partial charge in [0, 0.05) is 0 Å². The Labute approximate surface area is 78.2 Å². The number of unbranched alkanes of at least 4 members (excludes halogenated alkanes) is 1. The van der Waals surface area contributed by atoms with Crippen LogP contribution in [-0.2, 0) is 4.79 Å². The van der Waals surface area contributed by atoms with E-state index in [0.29, 0.717) is 6.42 Å². The molecule has 0 aliphatic rings. The van der Waals surface area contributed by atoms with Crippen LogP contribution in [0.1, 0.15) is 33.1 Å². The van der Waals surface area contributed by atoms with Gasteiger partial charge >= 0.3 is 5.97 Å². The summed E-state index contributed by atoms with van der Waals surface area (Å²) in [6.45, 7) is 3.35. The molecule has 4 heteroatoms. The van der Waals surface area contributed by atoms with Crippen LogP contribution in [0.15, 0.2) is 0 Å². The average Bonchev–Trinajstić information content (AvgIpc) is 2.04. The molecule has 0 heterocycles. The molecule has 13 heavy (non-hydrogen) atoms. The van der Waals surface area contributed by atoms with Crippen molar-refractivity contribution < 1.29 is 20.1 Å². The first-order chi connectivity index (χ1) is 6.00. The molecule has 0 amide bonds. The molecule has 0 saturated carbocycles. The van der Waals surface area contributed by atoms with Gasteiger partial charge < -0.3 is 15.3 Å². The van der Waals surface area contributed by atoms with E-state index in [1.165, 1.54) is 6.92 Å². The molecule has 0 rings (SSSR count). The van der Waals surface area contributed by atoms with Crippen molar-refractivity contribution in [2.45, 2.75) is 45.3 Å². The topological polar surface area (TPSA) is 77.8 Å². The molecule has 0 spiro atoms. The number of aliphatic hydroxyl groups is 2. The van der Waals surface area contributed by atoms with Gasteiger partial charge in [-0.3, -0.25) is 4.79 Å². The van der Waals surface area contributed by atoms with Crippen molar-refractivity contribution >= 4 is 5.97 Å². The number of carbonyl (C=O) groups is 1. The Morgan fingerprint density at radius 2 is 1.92 bits per heavy atom. The van der Waals surface area contributed by atoms with Crippen molar-refractivity contribution in [1.82, 2.24) is 0 Å². The molecule has 3 unspecified atom stereocenters. The van der Waals surface area contributed by atoms with Crippen LogP contribution in [0.3, 0.4) is 0 Å². The van der Waals surface area contributed by atoms with Crippen LogP contribution < -0.4 is 0 Å². The molecule has 0 bridgehead atoms. The Kier molecular flexibility index (Phi) is 5.66. The van der Waals surface area contributed by atoms with Crippen molar-refractivity contribution in [2.75, 3.05) is 0 Å². The lowest BCUT2D eigenvalue weighted by atomic mass is 9.93. The highest BCUT2D eigenvalue weighted by Gasteiger charge is 2.28. The molecule has 0 aliphatic carbocycles. The highest BCUT2D eigenvalue weighted by molar-refractivity contribution is 5.70. The van der Waals surface area contributed by atoms with Crippen LogP contribution in [0, 0.1) is 5.92 Å². The number of hydrogen-bond acceptors (Lipinski definition) is 3. The molecule has 3 atom stereocenters. The predicted octanol–water partition coefficient (Wildman–Crippen LogP) is 0.619. The van der Waals surface area contributed by atoms with E-state index in [0.717, 1.165) is 12.8 Å². The molecule has 0 radical (unpaired) electrons. The maximum absolute atomic E-state index is 10.7. The second-order valence-corrected chi connectivity index (χ2v) is 3.32. The number of aliphatic hydroxyl groups excluding tert-OH is 2. The lowest BCUT2D eigenvalue weighted by molar-refractivity contribution is -0.149. The van der Waals surface area contributed by atoms with E-state index in [2.05, 4.69) is 0 Å². The normalized spacial score (nSPS) is 17.8. The monoisotopic (exact) mass is 190 g/mol. The van der Waals surface area contributed by atoms with Gasteiger partial charge in [-0.05, 0) is 13.3 Å². The van der Waals surface area contributed by atoms with Crippen molar-refractivity contribution in [2.24, 2.45) is 5.92 Å². The fourth-order valence-corrected chi connectivity index (χ4v) is 1.20. The standard InChI is InChI=1S/C9H18O4/c1-3-4-5-7(9(12)13)8(11)6(2)10/h6-8,10-11H,3-5H2,1-2H3,(H,12,13). The largest absolute Gasteiger partial charge is 0.481 e. The minimum atomic E-state index is -1.16. The third kappa shape index (κ3) is 4.24. The lowest BCUT2D eigenvalue weighted by Crippen LogP contribution is -2.36. The molecule has 0 aromatic carbocycles. The van der Waals surface area contributed by atoms with Gasteiger partial charge in [-0.15, -0.1) is 0 Å². The molecule has 78 valence electrons. The van der Waals surface area contributed by atoms with E-state index in [1.807, 2.05) is 6.92 Å². The van der Waals surface area contributed by atoms with E-state index in [1.54, 1.807) is 0 Å². The Morgan fingerprint density at radius 1 is 1.38 bits per heavy atom. The number of carboxylic acids is 1. The molecule has 0 saturated heterocycles. The first-order valence-electron chi connectivity index (χ1n) is 4.59. The number of carboxylic acid groups (broad SMARTS) is 1. The van der Waals surface area contributed by atoms with Crippen LogP contribution in [0.2, 0.25) is 0 Å². The van der Waals surface area contributed by atoms with Crippen LogP contribution in [-0.4, -0.2) is 33.5 Å². The third-order valence-electron chi connectivity index (χ3n) is 2.09. The molecular formula is C9H18O4. The summed E-state index contributed by atoms with van der Waals surface area (Å²) in [6.07, 6.45) is -0.100. The van der Waals surface area contributed by atoms with E-state index in [-0.39, 0.29) is 0 Å². The summed E-state index contributed by atoms with van der Waals surface area (Å²) >= 11 is 0. The Balaban J connectivity index is 4.15. The zero-order valence-electron chi connectivity index (χ0n) is 8.10. The minimum absolute atomic E-state index is 0.415. The first kappa shape index (κ1) is 12.4. The van der Waals surface area contributed by atoms with Crippen LogP contribution >= 0.6 is 0 Å². The average molecular weight is 190 g/mol. The summed E-state index contributed by atoms with van der Waals surface area (Å²) < 4.78 is 0. The van der Waals surface area contributed by atoms with E-state index in [4.69, 9.17) is 10.2 Å². The molecule has 0 aliphatic heterocycles. The highest BCUT2D eigenvalue weighted by atomic mass is 16.4. The van der Waals surface area contributed by atoms with Crippen molar-refractivity contribution in [3.8, 4) is 0 Å². The van der Waals surface area contributed by atoms with Gasteiger partial charge in [0.1, 0.15) is 0 Å². The summed E-state index contributed by atoms with van der Waals surface area (Å²) in [4.78, 5) is 10.7. The van der Waals surface area contributed by atoms with Gasteiger partial charge in [0.2, 0.25) is 0 Å². The maximum Gasteiger partial charge on any atom is 0.309 e. The van der Waals surface area contributed by atoms with Gasteiger partial charge in [-0.25, -0.2) is 0 Å². The highest BCUT2D eigenvalue weighted by Crippen LogP contribution is 2.16.